The highest BCUT2D eigenvalue weighted by molar-refractivity contribution is 9.10. The maximum Gasteiger partial charge on any atom is 0.337 e. The second-order valence-electron chi connectivity index (χ2n) is 4.56. The average molecular weight is 376 g/mol. The molecule has 0 aromatic heterocycles. The molecule has 1 amide bonds. The maximum absolute atomic E-state index is 12.0. The van der Waals surface area contributed by atoms with Crippen molar-refractivity contribution in [1.82, 2.24) is 0 Å². The summed E-state index contributed by atoms with van der Waals surface area (Å²) in [6.07, 6.45) is 2.97. The highest BCUT2D eigenvalue weighted by Gasteiger charge is 2.10. The number of carboxylic acid groups (broad SMARTS) is 1. The third-order valence-corrected chi connectivity index (χ3v) is 3.72. The van der Waals surface area contributed by atoms with E-state index in [4.69, 9.17) is 9.84 Å². The predicted octanol–water partition coefficient (Wildman–Crippen LogP) is 3.81. The molecule has 2 aromatic rings. The number of anilines is 1. The van der Waals surface area contributed by atoms with Gasteiger partial charge in [0.15, 0.2) is 0 Å². The fourth-order valence-corrected chi connectivity index (χ4v) is 2.38. The van der Waals surface area contributed by atoms with Gasteiger partial charge in [-0.25, -0.2) is 4.79 Å². The SMILES string of the molecule is COc1ccc(C=CC(=O)Nc2ccccc2C(=O)O)c(Br)c1. The lowest BCUT2D eigenvalue weighted by Gasteiger charge is -2.06. The van der Waals surface area contributed by atoms with Crippen LogP contribution in [0.5, 0.6) is 5.75 Å². The normalized spacial score (nSPS) is 10.5. The zero-order valence-electron chi connectivity index (χ0n) is 12.2. The van der Waals surface area contributed by atoms with Crippen molar-refractivity contribution >= 4 is 39.6 Å². The second kappa shape index (κ2) is 7.60. The number of benzene rings is 2. The number of hydrogen-bond acceptors (Lipinski definition) is 3. The molecule has 118 valence electrons. The molecule has 0 radical (unpaired) electrons. The van der Waals surface area contributed by atoms with Crippen LogP contribution in [0.15, 0.2) is 53.0 Å². The van der Waals surface area contributed by atoms with Crippen molar-refractivity contribution in [1.29, 1.82) is 0 Å². The Bertz CT molecular complexity index is 771. The predicted molar refractivity (Wildman–Crippen MR) is 91.8 cm³/mol. The van der Waals surface area contributed by atoms with Crippen LogP contribution in [0.2, 0.25) is 0 Å². The summed E-state index contributed by atoms with van der Waals surface area (Å²) in [6, 6.07) is 11.6. The monoisotopic (exact) mass is 375 g/mol. The first-order valence-corrected chi connectivity index (χ1v) is 7.45. The van der Waals surface area contributed by atoms with Crippen LogP contribution in [-0.2, 0) is 4.79 Å². The molecule has 23 heavy (non-hydrogen) atoms. The molecule has 2 N–H and O–H groups in total. The maximum atomic E-state index is 12.0. The quantitative estimate of drug-likeness (QED) is 0.779. The van der Waals surface area contributed by atoms with Gasteiger partial charge in [-0.1, -0.05) is 34.1 Å². The van der Waals surface area contributed by atoms with E-state index >= 15 is 0 Å². The Morgan fingerprint density at radius 3 is 2.61 bits per heavy atom. The number of ether oxygens (including phenoxy) is 1. The van der Waals surface area contributed by atoms with Gasteiger partial charge in [-0.05, 0) is 35.9 Å². The lowest BCUT2D eigenvalue weighted by Crippen LogP contribution is -2.11. The van der Waals surface area contributed by atoms with Gasteiger partial charge in [0.2, 0.25) is 5.91 Å². The van der Waals surface area contributed by atoms with E-state index in [0.717, 1.165) is 10.0 Å². The number of halogens is 1. The molecule has 0 aliphatic heterocycles. The van der Waals surface area contributed by atoms with E-state index < -0.39 is 11.9 Å². The highest BCUT2D eigenvalue weighted by atomic mass is 79.9. The number of aromatic carboxylic acids is 1. The number of para-hydroxylation sites is 1. The summed E-state index contributed by atoms with van der Waals surface area (Å²) < 4.78 is 5.89. The minimum Gasteiger partial charge on any atom is -0.497 e. The van der Waals surface area contributed by atoms with Crippen LogP contribution in [0, 0.1) is 0 Å². The largest absolute Gasteiger partial charge is 0.497 e. The van der Waals surface area contributed by atoms with Gasteiger partial charge in [0.25, 0.3) is 0 Å². The number of nitrogens with one attached hydrogen (secondary N) is 1. The average Bonchev–Trinajstić information content (AvgIpc) is 2.54. The number of rotatable bonds is 5. The first kappa shape index (κ1) is 16.8. The number of carboxylic acids is 1. The first-order valence-electron chi connectivity index (χ1n) is 6.66. The molecule has 2 aromatic carbocycles. The van der Waals surface area contributed by atoms with E-state index in [2.05, 4.69) is 21.2 Å². The molecule has 0 saturated carbocycles. The van der Waals surface area contributed by atoms with E-state index in [1.807, 2.05) is 0 Å². The van der Waals surface area contributed by atoms with Crippen LogP contribution in [0.25, 0.3) is 6.08 Å². The van der Waals surface area contributed by atoms with Crippen molar-refractivity contribution in [2.75, 3.05) is 12.4 Å². The summed E-state index contributed by atoms with van der Waals surface area (Å²) in [4.78, 5) is 23.1. The summed E-state index contributed by atoms with van der Waals surface area (Å²) >= 11 is 3.39. The molecule has 0 aliphatic rings. The van der Waals surface area contributed by atoms with Crippen LogP contribution in [0.3, 0.4) is 0 Å². The summed E-state index contributed by atoms with van der Waals surface area (Å²) in [5, 5.41) is 11.6. The van der Waals surface area contributed by atoms with Crippen molar-refractivity contribution in [2.24, 2.45) is 0 Å². The zero-order chi connectivity index (χ0) is 16.8. The van der Waals surface area contributed by atoms with Gasteiger partial charge in [-0.2, -0.15) is 0 Å². The Labute approximate surface area is 141 Å². The topological polar surface area (TPSA) is 75.6 Å². The number of carbonyl (C=O) groups is 2. The molecular weight excluding hydrogens is 362 g/mol. The van der Waals surface area contributed by atoms with Crippen molar-refractivity contribution in [2.45, 2.75) is 0 Å². The number of carbonyl (C=O) groups excluding carboxylic acids is 1. The third-order valence-electron chi connectivity index (χ3n) is 3.04. The Kier molecular flexibility index (Phi) is 5.54. The van der Waals surface area contributed by atoms with Crippen molar-refractivity contribution in [3.05, 3.63) is 64.1 Å². The van der Waals surface area contributed by atoms with Crippen molar-refractivity contribution in [3.8, 4) is 5.75 Å². The Morgan fingerprint density at radius 1 is 1.22 bits per heavy atom. The van der Waals surface area contributed by atoms with Gasteiger partial charge in [-0.15, -0.1) is 0 Å². The van der Waals surface area contributed by atoms with Gasteiger partial charge >= 0.3 is 5.97 Å². The van der Waals surface area contributed by atoms with E-state index in [9.17, 15) is 9.59 Å². The molecule has 0 heterocycles. The lowest BCUT2D eigenvalue weighted by molar-refractivity contribution is -0.111. The van der Waals surface area contributed by atoms with Crippen LogP contribution in [0.4, 0.5) is 5.69 Å². The molecule has 0 atom stereocenters. The molecule has 0 fully saturated rings. The highest BCUT2D eigenvalue weighted by Crippen LogP contribution is 2.24. The van der Waals surface area contributed by atoms with Crippen LogP contribution in [0.1, 0.15) is 15.9 Å². The van der Waals surface area contributed by atoms with E-state index in [1.54, 1.807) is 49.6 Å². The minimum atomic E-state index is -1.09. The summed E-state index contributed by atoms with van der Waals surface area (Å²) in [5.41, 5.74) is 1.09. The molecule has 0 aliphatic carbocycles. The Hall–Kier alpha value is -2.60. The molecule has 5 nitrogen and oxygen atoms in total. The number of methoxy groups -OCH3 is 1. The molecule has 0 saturated heterocycles. The minimum absolute atomic E-state index is 0.0416. The van der Waals surface area contributed by atoms with Gasteiger partial charge < -0.3 is 15.2 Å². The van der Waals surface area contributed by atoms with E-state index in [0.29, 0.717) is 5.75 Å². The van der Waals surface area contributed by atoms with Gasteiger partial charge in [0, 0.05) is 10.5 Å². The molecule has 0 spiro atoms. The van der Waals surface area contributed by atoms with Crippen molar-refractivity contribution < 1.29 is 19.4 Å². The molecular formula is C17H14BrNO4. The Morgan fingerprint density at radius 2 is 1.96 bits per heavy atom. The fourth-order valence-electron chi connectivity index (χ4n) is 1.89. The zero-order valence-corrected chi connectivity index (χ0v) is 13.8. The summed E-state index contributed by atoms with van der Waals surface area (Å²) in [6.45, 7) is 0. The Balaban J connectivity index is 2.12. The van der Waals surface area contributed by atoms with Crippen LogP contribution in [-0.4, -0.2) is 24.1 Å². The fraction of sp³-hybridized carbons (Fsp3) is 0.0588. The number of amides is 1. The molecule has 6 heteroatoms. The molecule has 2 rings (SSSR count). The van der Waals surface area contributed by atoms with E-state index in [-0.39, 0.29) is 11.3 Å². The second-order valence-corrected chi connectivity index (χ2v) is 5.42. The van der Waals surface area contributed by atoms with Gasteiger partial charge in [0.1, 0.15) is 5.75 Å². The summed E-state index contributed by atoms with van der Waals surface area (Å²) in [7, 11) is 1.57. The molecule has 0 unspecified atom stereocenters. The van der Waals surface area contributed by atoms with Gasteiger partial charge in [-0.3, -0.25) is 4.79 Å². The lowest BCUT2D eigenvalue weighted by atomic mass is 10.1. The first-order chi connectivity index (χ1) is 11.0. The van der Waals surface area contributed by atoms with Crippen molar-refractivity contribution in [3.63, 3.8) is 0 Å². The smallest absolute Gasteiger partial charge is 0.337 e. The van der Waals surface area contributed by atoms with E-state index in [1.165, 1.54) is 12.1 Å². The van der Waals surface area contributed by atoms with Gasteiger partial charge in [0.05, 0.1) is 18.4 Å². The molecule has 0 bridgehead atoms. The standard InChI is InChI=1S/C17H14BrNO4/c1-23-12-8-6-11(14(18)10-12)7-9-16(20)19-15-5-3-2-4-13(15)17(21)22/h2-10H,1H3,(H,19,20)(H,21,22). The van der Waals surface area contributed by atoms with Crippen LogP contribution >= 0.6 is 15.9 Å². The number of hydrogen-bond donors (Lipinski definition) is 2. The third kappa shape index (κ3) is 4.43. The summed E-state index contributed by atoms with van der Waals surface area (Å²) in [5.74, 6) is -0.807. The van der Waals surface area contributed by atoms with Crippen LogP contribution < -0.4 is 10.1 Å².